The smallest absolute Gasteiger partial charge is 0.306 e. The molecule has 1 N–H and O–H groups in total. The Morgan fingerprint density at radius 3 is 1.23 bits per heavy atom. The predicted octanol–water partition coefficient (Wildman–Crippen LogP) is 20.3. The molecule has 0 saturated carbocycles. The molecule has 0 aliphatic heterocycles. The van der Waals surface area contributed by atoms with E-state index in [1.165, 1.54) is 148 Å². The summed E-state index contributed by atoms with van der Waals surface area (Å²) in [4.78, 5) is 40.1. The zero-order valence-electron chi connectivity index (χ0n) is 53.2. The molecule has 3 unspecified atom stereocenters. The van der Waals surface area contributed by atoms with Crippen molar-refractivity contribution < 1.29 is 37.3 Å². The molecule has 0 rings (SSSR count). The summed E-state index contributed by atoms with van der Waals surface area (Å²) in [5.41, 5.74) is 0. The van der Waals surface area contributed by atoms with Crippen LogP contribution in [0.5, 0.6) is 0 Å². The number of hydrogen-bond donors (Lipinski definition) is 1. The Morgan fingerprint density at radius 1 is 0.444 bits per heavy atom. The lowest BCUT2D eigenvalue weighted by molar-refractivity contribution is -0.870. The fourth-order valence-corrected chi connectivity index (χ4v) is 9.83. The summed E-state index contributed by atoms with van der Waals surface area (Å²) < 4.78 is 30.3. The second-order valence-corrected chi connectivity index (χ2v) is 24.6. The number of nitrogens with zero attached hydrogens (tertiary/aromatic N) is 1. The summed E-state index contributed by atoms with van der Waals surface area (Å²) in [6, 6.07) is -0.936. The highest BCUT2D eigenvalue weighted by atomic mass is 31.2. The molecule has 0 heterocycles. The number of allylic oxidation sites excluding steroid dienone is 17. The van der Waals surface area contributed by atoms with E-state index in [0.29, 0.717) is 17.4 Å². The standard InChI is InChI=1S/C71H125N2O7P/c1-7-10-13-16-19-22-25-28-30-32-34-35-36-37-39-41-43-46-49-52-55-58-61-64-71(75)80-69(62-59-56-53-50-47-44-27-24-21-18-15-12-9-3)68(67-79-81(76,77)78-66-65-73(4,5)6)72-70(74)63-60-57-54-51-48-45-42-40-38-33-31-29-26-23-20-17-14-11-8-2/h11,14,19-20,22-23,28-31,38,40,45,48,54,57,59,62,68-69H,7-10,12-13,15-18,21,24-27,32-37,39,41-44,46-47,49-53,55-56,58,60-61,63-67H2,1-6H3,(H-,72,74,76,77)/b14-11-,22-19-,23-20-,30-28-,31-29-,40-38-,48-45-,57-54-,62-59+. The zero-order valence-corrected chi connectivity index (χ0v) is 54.1. The molecule has 0 bridgehead atoms. The predicted molar refractivity (Wildman–Crippen MR) is 348 cm³/mol. The molecule has 0 aliphatic carbocycles. The number of likely N-dealkylation sites (N-methyl/N-ethyl adjacent to an activating group) is 1. The van der Waals surface area contributed by atoms with Crippen molar-refractivity contribution in [2.75, 3.05) is 40.9 Å². The SMILES string of the molecule is CC/C=C\C/C=C\C/C=C\C/C=C\C/C=C\C/C=C\CCC(=O)NC(COP(=O)([O-])OCC[N+](C)(C)C)C(/C=C/CCCCCCCCCCCCC)OC(=O)CCCCCCCCCCCCCCC/C=C\C/C=C\CCCCC. The van der Waals surface area contributed by atoms with E-state index in [0.717, 1.165) is 89.9 Å². The molecule has 0 aromatic heterocycles. The van der Waals surface area contributed by atoms with Crippen molar-refractivity contribution >= 4 is 19.7 Å². The Labute approximate surface area is 500 Å². The van der Waals surface area contributed by atoms with Crippen LogP contribution < -0.4 is 10.2 Å². The largest absolute Gasteiger partial charge is 0.756 e. The van der Waals surface area contributed by atoms with Crippen molar-refractivity contribution in [1.82, 2.24) is 5.32 Å². The van der Waals surface area contributed by atoms with Gasteiger partial charge in [-0.2, -0.15) is 0 Å². The average Bonchev–Trinajstić information content (AvgIpc) is 3.44. The molecule has 10 heteroatoms. The van der Waals surface area contributed by atoms with Crippen molar-refractivity contribution in [3.05, 3.63) is 109 Å². The van der Waals surface area contributed by atoms with Gasteiger partial charge in [0.15, 0.2) is 0 Å². The summed E-state index contributed by atoms with van der Waals surface area (Å²) in [5.74, 6) is -0.640. The van der Waals surface area contributed by atoms with Crippen LogP contribution in [0.15, 0.2) is 109 Å². The molecule has 0 fully saturated rings. The van der Waals surface area contributed by atoms with Crippen molar-refractivity contribution in [2.45, 2.75) is 290 Å². The molecule has 0 aliphatic rings. The third-order valence-corrected chi connectivity index (χ3v) is 15.2. The first-order valence-corrected chi connectivity index (χ1v) is 34.7. The lowest BCUT2D eigenvalue weighted by Crippen LogP contribution is -2.47. The second-order valence-electron chi connectivity index (χ2n) is 23.2. The molecule has 0 aromatic rings. The van der Waals surface area contributed by atoms with Crippen LogP contribution in [0.4, 0.5) is 0 Å². The van der Waals surface area contributed by atoms with Gasteiger partial charge in [-0.25, -0.2) is 0 Å². The van der Waals surface area contributed by atoms with Crippen LogP contribution in [-0.2, 0) is 27.9 Å². The molecule has 0 saturated heterocycles. The van der Waals surface area contributed by atoms with Gasteiger partial charge in [0.2, 0.25) is 5.91 Å². The Kier molecular flexibility index (Phi) is 57.4. The number of phosphoric ester groups is 1. The van der Waals surface area contributed by atoms with Gasteiger partial charge in [0.25, 0.3) is 7.82 Å². The van der Waals surface area contributed by atoms with E-state index in [-0.39, 0.29) is 31.3 Å². The Morgan fingerprint density at radius 2 is 0.802 bits per heavy atom. The van der Waals surface area contributed by atoms with Gasteiger partial charge >= 0.3 is 5.97 Å². The maximum absolute atomic E-state index is 13.5. The molecular formula is C71H125N2O7P. The molecule has 1 amide bonds. The summed E-state index contributed by atoms with van der Waals surface area (Å²) in [5, 5.41) is 2.98. The quantitative estimate of drug-likeness (QED) is 0.0212. The van der Waals surface area contributed by atoms with E-state index in [2.05, 4.69) is 111 Å². The monoisotopic (exact) mass is 1150 g/mol. The number of hydrogen-bond acceptors (Lipinski definition) is 7. The number of carbonyl (C=O) groups is 2. The molecular weight excluding hydrogens is 1020 g/mol. The topological polar surface area (TPSA) is 114 Å². The van der Waals surface area contributed by atoms with Crippen molar-refractivity contribution in [3.63, 3.8) is 0 Å². The molecule has 9 nitrogen and oxygen atoms in total. The lowest BCUT2D eigenvalue weighted by atomic mass is 10.0. The fraction of sp³-hybridized carbons (Fsp3) is 0.718. The lowest BCUT2D eigenvalue weighted by Gasteiger charge is -2.30. The number of phosphoric acid groups is 1. The minimum absolute atomic E-state index is 0.0404. The summed E-state index contributed by atoms with van der Waals surface area (Å²) in [6.07, 6.45) is 82.2. The fourth-order valence-electron chi connectivity index (χ4n) is 9.10. The molecule has 0 spiro atoms. The van der Waals surface area contributed by atoms with Crippen LogP contribution >= 0.6 is 7.82 Å². The highest BCUT2D eigenvalue weighted by Crippen LogP contribution is 2.38. The first-order valence-electron chi connectivity index (χ1n) is 33.2. The third kappa shape index (κ3) is 61.1. The maximum Gasteiger partial charge on any atom is 0.306 e. The normalized spacial score (nSPS) is 14.3. The first-order chi connectivity index (χ1) is 39.4. The highest BCUT2D eigenvalue weighted by molar-refractivity contribution is 7.45. The number of rotatable bonds is 59. The Balaban J connectivity index is 5.29. The van der Waals surface area contributed by atoms with Crippen LogP contribution in [-0.4, -0.2) is 69.4 Å². The number of quaternary nitrogens is 1. The average molecular weight is 1150 g/mol. The van der Waals surface area contributed by atoms with Gasteiger partial charge in [0, 0.05) is 12.8 Å². The van der Waals surface area contributed by atoms with Gasteiger partial charge in [-0.3, -0.25) is 14.2 Å². The maximum atomic E-state index is 13.5. The number of nitrogens with one attached hydrogen (secondary N) is 1. The van der Waals surface area contributed by atoms with E-state index >= 15 is 0 Å². The van der Waals surface area contributed by atoms with E-state index in [1.54, 1.807) is 0 Å². The summed E-state index contributed by atoms with van der Waals surface area (Å²) >= 11 is 0. The van der Waals surface area contributed by atoms with Crippen molar-refractivity contribution in [2.24, 2.45) is 0 Å². The van der Waals surface area contributed by atoms with Crippen LogP contribution in [0.1, 0.15) is 278 Å². The molecule has 3 atom stereocenters. The Hall–Kier alpha value is -3.33. The Bertz CT molecular complexity index is 1750. The molecule has 0 radical (unpaired) electrons. The summed E-state index contributed by atoms with van der Waals surface area (Å²) in [7, 11) is 1.13. The third-order valence-electron chi connectivity index (χ3n) is 14.2. The number of carbonyl (C=O) groups excluding carboxylic acids is 2. The van der Waals surface area contributed by atoms with Crippen molar-refractivity contribution in [3.8, 4) is 0 Å². The van der Waals surface area contributed by atoms with Crippen LogP contribution in [0, 0.1) is 0 Å². The molecule has 81 heavy (non-hydrogen) atoms. The minimum atomic E-state index is -4.73. The van der Waals surface area contributed by atoms with Crippen LogP contribution in [0.3, 0.4) is 0 Å². The van der Waals surface area contributed by atoms with E-state index in [4.69, 9.17) is 13.8 Å². The number of esters is 1. The molecule has 0 aromatic carbocycles. The zero-order chi connectivity index (χ0) is 59.3. The minimum Gasteiger partial charge on any atom is -0.756 e. The van der Waals surface area contributed by atoms with Crippen LogP contribution in [0.25, 0.3) is 0 Å². The first kappa shape index (κ1) is 77.7. The highest BCUT2D eigenvalue weighted by Gasteiger charge is 2.27. The number of ether oxygens (including phenoxy) is 1. The number of amides is 1. The van der Waals surface area contributed by atoms with Gasteiger partial charge in [-0.05, 0) is 102 Å². The number of unbranched alkanes of at least 4 members (excludes halogenated alkanes) is 27. The van der Waals surface area contributed by atoms with Gasteiger partial charge in [0.1, 0.15) is 19.3 Å². The van der Waals surface area contributed by atoms with Crippen LogP contribution in [0.2, 0.25) is 0 Å². The van der Waals surface area contributed by atoms with Gasteiger partial charge in [0.05, 0.1) is 33.8 Å². The van der Waals surface area contributed by atoms with Gasteiger partial charge < -0.3 is 28.5 Å². The van der Waals surface area contributed by atoms with E-state index in [9.17, 15) is 19.0 Å². The second kappa shape index (κ2) is 59.8. The van der Waals surface area contributed by atoms with E-state index in [1.807, 2.05) is 45.4 Å². The summed E-state index contributed by atoms with van der Waals surface area (Å²) in [6.45, 7) is 6.66. The van der Waals surface area contributed by atoms with Gasteiger partial charge in [-0.1, -0.05) is 272 Å². The van der Waals surface area contributed by atoms with Gasteiger partial charge in [-0.15, -0.1) is 0 Å². The van der Waals surface area contributed by atoms with E-state index < -0.39 is 26.6 Å². The van der Waals surface area contributed by atoms with Crippen molar-refractivity contribution in [1.29, 1.82) is 0 Å². The molecule has 466 valence electrons.